The van der Waals surface area contributed by atoms with Crippen molar-refractivity contribution in [3.8, 4) is 5.75 Å². The second-order valence-electron chi connectivity index (χ2n) is 8.77. The minimum Gasteiger partial charge on any atom is -0.490 e. The van der Waals surface area contributed by atoms with Gasteiger partial charge in [0.1, 0.15) is 24.2 Å². The molecule has 0 saturated carbocycles. The molecule has 0 radical (unpaired) electrons. The van der Waals surface area contributed by atoms with Gasteiger partial charge >= 0.3 is 0 Å². The van der Waals surface area contributed by atoms with Crippen LogP contribution in [0.15, 0.2) is 42.7 Å². The zero-order valence-electron chi connectivity index (χ0n) is 20.1. The molecule has 2 aromatic rings. The Bertz CT molecular complexity index is 940. The van der Waals surface area contributed by atoms with E-state index < -0.39 is 23.9 Å². The van der Waals surface area contributed by atoms with Crippen molar-refractivity contribution in [3.05, 3.63) is 59.7 Å². The first-order valence-corrected chi connectivity index (χ1v) is 11.6. The van der Waals surface area contributed by atoms with E-state index in [0.29, 0.717) is 17.9 Å². The Balaban J connectivity index is 2.11. The Kier molecular flexibility index (Phi) is 10.9. The molecule has 186 valence electrons. The average molecular weight is 474 g/mol. The summed E-state index contributed by atoms with van der Waals surface area (Å²) in [5, 5.41) is 5.98. The summed E-state index contributed by atoms with van der Waals surface area (Å²) in [5.74, 6) is -0.879. The van der Waals surface area contributed by atoms with Crippen LogP contribution in [0.2, 0.25) is 0 Å². The molecule has 3 atom stereocenters. The van der Waals surface area contributed by atoms with Crippen molar-refractivity contribution in [1.82, 2.24) is 15.6 Å². The predicted octanol–water partition coefficient (Wildman–Crippen LogP) is 1.71. The van der Waals surface area contributed by atoms with E-state index in [2.05, 4.69) is 15.6 Å². The first-order chi connectivity index (χ1) is 16.2. The number of primary amides is 1. The fraction of sp³-hybridized carbons (Fsp3) is 0.480. The van der Waals surface area contributed by atoms with Gasteiger partial charge < -0.3 is 21.5 Å². The molecule has 0 aliphatic heterocycles. The summed E-state index contributed by atoms with van der Waals surface area (Å²) in [7, 11) is 0. The summed E-state index contributed by atoms with van der Waals surface area (Å²) in [6.45, 7) is 6.35. The summed E-state index contributed by atoms with van der Waals surface area (Å²) in [4.78, 5) is 29.0. The third kappa shape index (κ3) is 8.72. The van der Waals surface area contributed by atoms with Gasteiger partial charge in [-0.3, -0.25) is 19.9 Å². The molecule has 0 saturated heterocycles. The number of nitrogens with zero attached hydrogens (tertiary/aromatic N) is 1. The van der Waals surface area contributed by atoms with Crippen LogP contribution in [0.4, 0.5) is 4.39 Å². The van der Waals surface area contributed by atoms with Crippen LogP contribution in [0.3, 0.4) is 0 Å². The van der Waals surface area contributed by atoms with Crippen molar-refractivity contribution < 1.29 is 18.7 Å². The van der Waals surface area contributed by atoms with E-state index in [4.69, 9.17) is 16.2 Å². The van der Waals surface area contributed by atoms with Crippen LogP contribution in [0.25, 0.3) is 0 Å². The largest absolute Gasteiger partial charge is 0.490 e. The molecule has 1 aromatic carbocycles. The smallest absolute Gasteiger partial charge is 0.240 e. The van der Waals surface area contributed by atoms with E-state index in [1.54, 1.807) is 38.4 Å². The maximum atomic E-state index is 13.7. The van der Waals surface area contributed by atoms with Crippen LogP contribution in [0.5, 0.6) is 5.75 Å². The molecular formula is C25H36FN5O3. The number of aryl methyl sites for hydroxylation is 1. The van der Waals surface area contributed by atoms with Crippen molar-refractivity contribution in [2.45, 2.75) is 58.2 Å². The number of nitrogens with two attached hydrogens (primary N) is 2. The van der Waals surface area contributed by atoms with Gasteiger partial charge in [0.05, 0.1) is 12.2 Å². The Labute approximate surface area is 200 Å². The first-order valence-electron chi connectivity index (χ1n) is 11.6. The standard InChI is InChI=1S/C25H36FN5O3/c1-16(2)23(24(28)32)31-25(33)21(13-18-6-4-8-20(26)12-18)30-17(3)15-34-22-14-29-11-9-19(22)7-5-10-27/h4,6,8-9,11-12,14,16-17,21,23,30H,5,7,10,13,15,27H2,1-3H3,(H2,28,32)(H,31,33)/t17-,21+,23+/m0/s1. The van der Waals surface area contributed by atoms with Crippen molar-refractivity contribution >= 4 is 11.8 Å². The molecule has 2 rings (SSSR count). The SMILES string of the molecule is CC(C)[C@@H](NC(=O)[C@@H](Cc1cccc(F)c1)N[C@@H](C)COc1cnccc1CCCN)C(N)=O. The number of halogens is 1. The first kappa shape index (κ1) is 27.2. The summed E-state index contributed by atoms with van der Waals surface area (Å²) in [6.07, 6.45) is 5.22. The molecule has 0 fully saturated rings. The van der Waals surface area contributed by atoms with E-state index >= 15 is 0 Å². The highest BCUT2D eigenvalue weighted by molar-refractivity contribution is 5.89. The summed E-state index contributed by atoms with van der Waals surface area (Å²) >= 11 is 0. The number of aromatic nitrogens is 1. The lowest BCUT2D eigenvalue weighted by atomic mass is 10.0. The molecule has 2 amide bonds. The number of carbonyl (C=O) groups excluding carboxylic acids is 2. The summed E-state index contributed by atoms with van der Waals surface area (Å²) in [5.41, 5.74) is 12.7. The minimum atomic E-state index is -0.809. The van der Waals surface area contributed by atoms with Crippen molar-refractivity contribution in [2.24, 2.45) is 17.4 Å². The van der Waals surface area contributed by atoms with Gasteiger partial charge in [-0.05, 0) is 68.0 Å². The third-order valence-electron chi connectivity index (χ3n) is 5.41. The van der Waals surface area contributed by atoms with E-state index in [9.17, 15) is 14.0 Å². The fourth-order valence-corrected chi connectivity index (χ4v) is 3.59. The number of amides is 2. The van der Waals surface area contributed by atoms with Gasteiger partial charge in [-0.2, -0.15) is 0 Å². The zero-order valence-corrected chi connectivity index (χ0v) is 20.1. The maximum absolute atomic E-state index is 13.7. The molecule has 6 N–H and O–H groups in total. The number of hydrogen-bond acceptors (Lipinski definition) is 6. The highest BCUT2D eigenvalue weighted by atomic mass is 19.1. The van der Waals surface area contributed by atoms with Gasteiger partial charge in [0.2, 0.25) is 11.8 Å². The minimum absolute atomic E-state index is 0.172. The van der Waals surface area contributed by atoms with Crippen LogP contribution in [-0.4, -0.2) is 48.1 Å². The van der Waals surface area contributed by atoms with Crippen LogP contribution in [0.1, 0.15) is 38.3 Å². The fourth-order valence-electron chi connectivity index (χ4n) is 3.59. The van der Waals surface area contributed by atoms with Gasteiger partial charge in [-0.25, -0.2) is 4.39 Å². The van der Waals surface area contributed by atoms with Crippen LogP contribution in [-0.2, 0) is 22.4 Å². The Morgan fingerprint density at radius 2 is 1.97 bits per heavy atom. The molecule has 0 aliphatic rings. The normalized spacial score (nSPS) is 13.8. The summed E-state index contributed by atoms with van der Waals surface area (Å²) < 4.78 is 19.7. The second-order valence-corrected chi connectivity index (χ2v) is 8.77. The Hall–Kier alpha value is -3.04. The highest BCUT2D eigenvalue weighted by Gasteiger charge is 2.27. The quantitative estimate of drug-likeness (QED) is 0.330. The number of hydrogen-bond donors (Lipinski definition) is 4. The third-order valence-corrected chi connectivity index (χ3v) is 5.41. The van der Waals surface area contributed by atoms with Crippen LogP contribution >= 0.6 is 0 Å². The number of nitrogens with one attached hydrogen (secondary N) is 2. The topological polar surface area (TPSA) is 132 Å². The van der Waals surface area contributed by atoms with E-state index in [0.717, 1.165) is 18.4 Å². The molecule has 0 spiro atoms. The van der Waals surface area contributed by atoms with E-state index in [1.165, 1.54) is 12.1 Å². The number of carbonyl (C=O) groups is 2. The van der Waals surface area contributed by atoms with Crippen LogP contribution in [0, 0.1) is 11.7 Å². The molecule has 1 heterocycles. The Morgan fingerprint density at radius 3 is 2.62 bits per heavy atom. The maximum Gasteiger partial charge on any atom is 0.240 e. The summed E-state index contributed by atoms with van der Waals surface area (Å²) in [6, 6.07) is 6.20. The van der Waals surface area contributed by atoms with E-state index in [-0.39, 0.29) is 30.8 Å². The average Bonchev–Trinajstić information content (AvgIpc) is 2.79. The Morgan fingerprint density at radius 1 is 1.21 bits per heavy atom. The molecule has 1 aromatic heterocycles. The number of pyridine rings is 1. The van der Waals surface area contributed by atoms with Gasteiger partial charge in [0.25, 0.3) is 0 Å². The van der Waals surface area contributed by atoms with Gasteiger partial charge in [-0.1, -0.05) is 26.0 Å². The number of ether oxygens (including phenoxy) is 1. The number of benzene rings is 1. The molecule has 9 heteroatoms. The molecule has 34 heavy (non-hydrogen) atoms. The monoisotopic (exact) mass is 473 g/mol. The highest BCUT2D eigenvalue weighted by Crippen LogP contribution is 2.18. The van der Waals surface area contributed by atoms with E-state index in [1.807, 2.05) is 13.0 Å². The van der Waals surface area contributed by atoms with Gasteiger partial charge in [0, 0.05) is 12.2 Å². The van der Waals surface area contributed by atoms with Crippen molar-refractivity contribution in [1.29, 1.82) is 0 Å². The zero-order chi connectivity index (χ0) is 25.1. The predicted molar refractivity (Wildman–Crippen MR) is 130 cm³/mol. The molecule has 0 bridgehead atoms. The van der Waals surface area contributed by atoms with Gasteiger partial charge in [-0.15, -0.1) is 0 Å². The molecular weight excluding hydrogens is 437 g/mol. The molecule has 0 aliphatic carbocycles. The van der Waals surface area contributed by atoms with Crippen molar-refractivity contribution in [3.63, 3.8) is 0 Å². The molecule has 8 nitrogen and oxygen atoms in total. The lowest BCUT2D eigenvalue weighted by Gasteiger charge is -2.26. The lowest BCUT2D eigenvalue weighted by molar-refractivity contribution is -0.129. The molecule has 0 unspecified atom stereocenters. The number of rotatable bonds is 14. The second kappa shape index (κ2) is 13.6. The van der Waals surface area contributed by atoms with Crippen molar-refractivity contribution in [2.75, 3.05) is 13.2 Å². The van der Waals surface area contributed by atoms with Gasteiger partial charge in [0.15, 0.2) is 0 Å². The lowest BCUT2D eigenvalue weighted by Crippen LogP contribution is -2.56. The van der Waals surface area contributed by atoms with Crippen LogP contribution < -0.4 is 26.8 Å².